The molecule has 0 spiro atoms. The summed E-state index contributed by atoms with van der Waals surface area (Å²) in [5, 5.41) is 5.74. The molecule has 23 heavy (non-hydrogen) atoms. The SMILES string of the molecule is CC[C@@H](C)c1ccc(NC(=S)NC(=O)c2ccc(F)cc2)cc1. The van der Waals surface area contributed by atoms with Gasteiger partial charge in [0.15, 0.2) is 5.11 Å². The van der Waals surface area contributed by atoms with Crippen molar-refractivity contribution in [1.82, 2.24) is 5.32 Å². The topological polar surface area (TPSA) is 41.1 Å². The molecule has 120 valence electrons. The lowest BCUT2D eigenvalue weighted by molar-refractivity contribution is 0.0977. The van der Waals surface area contributed by atoms with Gasteiger partial charge in [0.25, 0.3) is 5.91 Å². The zero-order valence-corrected chi connectivity index (χ0v) is 13.9. The minimum atomic E-state index is -0.386. The number of halogens is 1. The van der Waals surface area contributed by atoms with Crippen molar-refractivity contribution in [2.24, 2.45) is 0 Å². The summed E-state index contributed by atoms with van der Waals surface area (Å²) < 4.78 is 12.8. The highest BCUT2D eigenvalue weighted by Gasteiger charge is 2.08. The van der Waals surface area contributed by atoms with E-state index in [0.717, 1.165) is 12.1 Å². The highest BCUT2D eigenvalue weighted by molar-refractivity contribution is 7.80. The smallest absolute Gasteiger partial charge is 0.257 e. The number of hydrogen-bond acceptors (Lipinski definition) is 2. The van der Waals surface area contributed by atoms with E-state index in [1.165, 1.54) is 29.8 Å². The first-order valence-corrected chi connectivity index (χ1v) is 7.88. The Hall–Kier alpha value is -2.27. The molecule has 0 aliphatic carbocycles. The maximum Gasteiger partial charge on any atom is 0.257 e. The fraction of sp³-hybridized carbons (Fsp3) is 0.222. The zero-order chi connectivity index (χ0) is 16.8. The van der Waals surface area contributed by atoms with Gasteiger partial charge in [0.2, 0.25) is 0 Å². The van der Waals surface area contributed by atoms with E-state index in [9.17, 15) is 9.18 Å². The van der Waals surface area contributed by atoms with E-state index >= 15 is 0 Å². The Kier molecular flexibility index (Phi) is 5.82. The average molecular weight is 330 g/mol. The molecule has 0 aliphatic rings. The number of rotatable bonds is 4. The number of benzene rings is 2. The fourth-order valence-electron chi connectivity index (χ4n) is 2.07. The lowest BCUT2D eigenvalue weighted by Crippen LogP contribution is -2.34. The maximum atomic E-state index is 12.8. The summed E-state index contributed by atoms with van der Waals surface area (Å²) in [5.74, 6) is -0.253. The van der Waals surface area contributed by atoms with Crippen molar-refractivity contribution >= 4 is 28.9 Å². The normalized spacial score (nSPS) is 11.6. The van der Waals surface area contributed by atoms with Crippen LogP contribution in [0, 0.1) is 5.82 Å². The second-order valence-corrected chi connectivity index (χ2v) is 5.75. The molecule has 0 aliphatic heterocycles. The van der Waals surface area contributed by atoms with Crippen LogP contribution in [0.3, 0.4) is 0 Å². The minimum Gasteiger partial charge on any atom is -0.332 e. The first-order valence-electron chi connectivity index (χ1n) is 7.47. The third-order valence-electron chi connectivity index (χ3n) is 3.68. The summed E-state index contributed by atoms with van der Waals surface area (Å²) in [7, 11) is 0. The first kappa shape index (κ1) is 17.1. The zero-order valence-electron chi connectivity index (χ0n) is 13.1. The molecule has 0 radical (unpaired) electrons. The molecule has 0 bridgehead atoms. The summed E-state index contributed by atoms with van der Waals surface area (Å²) in [6.07, 6.45) is 1.08. The molecule has 0 heterocycles. The Morgan fingerprint density at radius 2 is 1.74 bits per heavy atom. The first-order chi connectivity index (χ1) is 11.0. The van der Waals surface area contributed by atoms with Crippen LogP contribution >= 0.6 is 12.2 Å². The van der Waals surface area contributed by atoms with E-state index < -0.39 is 0 Å². The van der Waals surface area contributed by atoms with Crippen molar-refractivity contribution in [3.8, 4) is 0 Å². The van der Waals surface area contributed by atoms with Crippen LogP contribution in [0.1, 0.15) is 42.1 Å². The summed E-state index contributed by atoms with van der Waals surface area (Å²) in [5.41, 5.74) is 2.42. The van der Waals surface area contributed by atoms with Crippen LogP contribution in [0.2, 0.25) is 0 Å². The van der Waals surface area contributed by atoms with E-state index in [1.807, 2.05) is 24.3 Å². The van der Waals surface area contributed by atoms with Gasteiger partial charge in [-0.1, -0.05) is 26.0 Å². The molecule has 0 fully saturated rings. The van der Waals surface area contributed by atoms with E-state index in [1.54, 1.807) is 0 Å². The van der Waals surface area contributed by atoms with Gasteiger partial charge in [-0.05, 0) is 66.5 Å². The molecular formula is C18H19FN2OS. The summed E-state index contributed by atoms with van der Waals surface area (Å²) >= 11 is 5.13. The number of carbonyl (C=O) groups excluding carboxylic acids is 1. The standard InChI is InChI=1S/C18H19FN2OS/c1-3-12(2)13-6-10-16(11-7-13)20-18(23)21-17(22)14-4-8-15(19)9-5-14/h4-12H,3H2,1-2H3,(H2,20,21,22,23)/t12-/m1/s1. The van der Waals surface area contributed by atoms with E-state index in [2.05, 4.69) is 24.5 Å². The molecule has 2 rings (SSSR count). The molecule has 3 nitrogen and oxygen atoms in total. The van der Waals surface area contributed by atoms with Gasteiger partial charge < -0.3 is 5.32 Å². The van der Waals surface area contributed by atoms with Crippen molar-refractivity contribution in [1.29, 1.82) is 0 Å². The van der Waals surface area contributed by atoms with Crippen LogP contribution < -0.4 is 10.6 Å². The minimum absolute atomic E-state index is 0.204. The van der Waals surface area contributed by atoms with Gasteiger partial charge in [-0.15, -0.1) is 0 Å². The molecule has 5 heteroatoms. The van der Waals surface area contributed by atoms with Crippen LogP contribution in [-0.4, -0.2) is 11.0 Å². The lowest BCUT2D eigenvalue weighted by atomic mass is 9.99. The highest BCUT2D eigenvalue weighted by atomic mass is 32.1. The van der Waals surface area contributed by atoms with Gasteiger partial charge in [0.1, 0.15) is 5.82 Å². The maximum absolute atomic E-state index is 12.8. The van der Waals surface area contributed by atoms with Crippen molar-refractivity contribution < 1.29 is 9.18 Å². The predicted molar refractivity (Wildman–Crippen MR) is 95.2 cm³/mol. The van der Waals surface area contributed by atoms with Crippen LogP contribution in [0.25, 0.3) is 0 Å². The quantitative estimate of drug-likeness (QED) is 0.813. The second-order valence-electron chi connectivity index (χ2n) is 5.35. The number of hydrogen-bond donors (Lipinski definition) is 2. The number of nitrogens with one attached hydrogen (secondary N) is 2. The number of carbonyl (C=O) groups is 1. The Bertz CT molecular complexity index is 683. The molecule has 2 N–H and O–H groups in total. The third kappa shape index (κ3) is 4.86. The predicted octanol–water partition coefficient (Wildman–Crippen LogP) is 4.47. The van der Waals surface area contributed by atoms with Crippen molar-refractivity contribution in [2.75, 3.05) is 5.32 Å². The van der Waals surface area contributed by atoms with Crippen LogP contribution in [-0.2, 0) is 0 Å². The molecule has 1 amide bonds. The Morgan fingerprint density at radius 1 is 1.13 bits per heavy atom. The number of anilines is 1. The Balaban J connectivity index is 1.94. The number of amides is 1. The van der Waals surface area contributed by atoms with Crippen LogP contribution in [0.15, 0.2) is 48.5 Å². The fourth-order valence-corrected chi connectivity index (χ4v) is 2.28. The van der Waals surface area contributed by atoms with E-state index in [0.29, 0.717) is 11.5 Å². The molecule has 0 saturated carbocycles. The van der Waals surface area contributed by atoms with Gasteiger partial charge in [-0.3, -0.25) is 10.1 Å². The molecule has 0 saturated heterocycles. The van der Waals surface area contributed by atoms with Crippen LogP contribution in [0.5, 0.6) is 0 Å². The molecule has 2 aromatic carbocycles. The van der Waals surface area contributed by atoms with Gasteiger partial charge >= 0.3 is 0 Å². The lowest BCUT2D eigenvalue weighted by Gasteiger charge is -2.12. The van der Waals surface area contributed by atoms with Crippen molar-refractivity contribution in [2.45, 2.75) is 26.2 Å². The monoisotopic (exact) mass is 330 g/mol. The third-order valence-corrected chi connectivity index (χ3v) is 3.89. The molecule has 0 unspecified atom stereocenters. The van der Waals surface area contributed by atoms with Gasteiger partial charge in [0.05, 0.1) is 0 Å². The van der Waals surface area contributed by atoms with Gasteiger partial charge in [-0.2, -0.15) is 0 Å². The molecule has 1 atom stereocenters. The summed E-state index contributed by atoms with van der Waals surface area (Å²) in [6.45, 7) is 4.33. The highest BCUT2D eigenvalue weighted by Crippen LogP contribution is 2.20. The summed E-state index contributed by atoms with van der Waals surface area (Å²) in [4.78, 5) is 12.0. The molecular weight excluding hydrogens is 311 g/mol. The van der Waals surface area contributed by atoms with Crippen molar-refractivity contribution in [3.63, 3.8) is 0 Å². The van der Waals surface area contributed by atoms with Gasteiger partial charge in [-0.25, -0.2) is 4.39 Å². The van der Waals surface area contributed by atoms with Crippen LogP contribution in [0.4, 0.5) is 10.1 Å². The Morgan fingerprint density at radius 3 is 2.30 bits per heavy atom. The van der Waals surface area contributed by atoms with Gasteiger partial charge in [0, 0.05) is 11.3 Å². The number of thiocarbonyl (C=S) groups is 1. The molecule has 2 aromatic rings. The molecule has 0 aromatic heterocycles. The average Bonchev–Trinajstić information content (AvgIpc) is 2.55. The second kappa shape index (κ2) is 7.83. The Labute approximate surface area is 140 Å². The largest absolute Gasteiger partial charge is 0.332 e. The van der Waals surface area contributed by atoms with E-state index in [-0.39, 0.29) is 16.8 Å². The van der Waals surface area contributed by atoms with Crippen molar-refractivity contribution in [3.05, 3.63) is 65.5 Å². The summed E-state index contributed by atoms with van der Waals surface area (Å²) in [6, 6.07) is 13.2. The van der Waals surface area contributed by atoms with E-state index in [4.69, 9.17) is 12.2 Å².